The highest BCUT2D eigenvalue weighted by molar-refractivity contribution is 5.94. The maximum Gasteiger partial charge on any atom is 0.339 e. The number of benzene rings is 2. The molecule has 22 heavy (non-hydrogen) atoms. The van der Waals surface area contributed by atoms with Crippen LogP contribution in [0.25, 0.3) is 0 Å². The van der Waals surface area contributed by atoms with Crippen LogP contribution < -0.4 is 0 Å². The molecule has 0 saturated heterocycles. The first kappa shape index (κ1) is 16.1. The first-order valence-corrected chi connectivity index (χ1v) is 7.50. The second-order valence-electron chi connectivity index (χ2n) is 5.49. The summed E-state index contributed by atoms with van der Waals surface area (Å²) in [5.41, 5.74) is 4.68. The first-order valence-electron chi connectivity index (χ1n) is 7.50. The summed E-state index contributed by atoms with van der Waals surface area (Å²) in [6.07, 6.45) is 0.678. The average Bonchev–Trinajstić information content (AvgIpc) is 2.52. The van der Waals surface area contributed by atoms with Gasteiger partial charge in [-0.1, -0.05) is 37.3 Å². The van der Waals surface area contributed by atoms with Crippen molar-refractivity contribution in [2.24, 2.45) is 0 Å². The number of hydrogen-bond acceptors (Lipinski definition) is 3. The van der Waals surface area contributed by atoms with Gasteiger partial charge in [-0.3, -0.25) is 0 Å². The van der Waals surface area contributed by atoms with E-state index in [0.717, 1.165) is 27.8 Å². The third kappa shape index (κ3) is 2.98. The molecule has 3 heteroatoms. The SMILES string of the molecule is CCc1c(C)c(C(=O)OCc2ccccc2)c(C)c(C)c1O. The van der Waals surface area contributed by atoms with Crippen molar-refractivity contribution in [3.8, 4) is 5.75 Å². The van der Waals surface area contributed by atoms with Crippen LogP contribution in [-0.2, 0) is 17.8 Å². The summed E-state index contributed by atoms with van der Waals surface area (Å²) in [5.74, 6) is -0.0474. The summed E-state index contributed by atoms with van der Waals surface area (Å²) in [6, 6.07) is 9.61. The number of carbonyl (C=O) groups excluding carboxylic acids is 1. The van der Waals surface area contributed by atoms with Crippen LogP contribution in [0.5, 0.6) is 5.75 Å². The van der Waals surface area contributed by atoms with Gasteiger partial charge in [0.1, 0.15) is 12.4 Å². The minimum absolute atomic E-state index is 0.250. The van der Waals surface area contributed by atoms with Crippen LogP contribution in [0.2, 0.25) is 0 Å². The topological polar surface area (TPSA) is 46.5 Å². The Balaban J connectivity index is 2.32. The summed E-state index contributed by atoms with van der Waals surface area (Å²) >= 11 is 0. The smallest absolute Gasteiger partial charge is 0.339 e. The van der Waals surface area contributed by atoms with E-state index in [9.17, 15) is 9.90 Å². The summed E-state index contributed by atoms with van der Waals surface area (Å²) in [4.78, 5) is 12.5. The molecule has 1 N–H and O–H groups in total. The zero-order valence-electron chi connectivity index (χ0n) is 13.6. The van der Waals surface area contributed by atoms with E-state index in [4.69, 9.17) is 4.74 Å². The normalized spacial score (nSPS) is 10.5. The van der Waals surface area contributed by atoms with Crippen LogP contribution in [-0.4, -0.2) is 11.1 Å². The zero-order valence-corrected chi connectivity index (χ0v) is 13.6. The maximum atomic E-state index is 12.5. The molecule has 0 aromatic heterocycles. The van der Waals surface area contributed by atoms with Crippen LogP contribution in [0.4, 0.5) is 0 Å². The lowest BCUT2D eigenvalue weighted by molar-refractivity contribution is 0.0470. The van der Waals surface area contributed by atoms with E-state index >= 15 is 0 Å². The van der Waals surface area contributed by atoms with Crippen molar-refractivity contribution >= 4 is 5.97 Å². The van der Waals surface area contributed by atoms with E-state index in [1.807, 2.05) is 58.0 Å². The van der Waals surface area contributed by atoms with Crippen molar-refractivity contribution < 1.29 is 14.6 Å². The fourth-order valence-corrected chi connectivity index (χ4v) is 2.74. The van der Waals surface area contributed by atoms with Gasteiger partial charge in [-0.2, -0.15) is 0 Å². The Bertz CT molecular complexity index is 688. The fraction of sp³-hybridized carbons (Fsp3) is 0.316. The number of rotatable bonds is 4. The predicted molar refractivity (Wildman–Crippen MR) is 87.3 cm³/mol. The molecule has 0 aliphatic carbocycles. The van der Waals surface area contributed by atoms with Gasteiger partial charge >= 0.3 is 5.97 Å². The zero-order chi connectivity index (χ0) is 16.3. The van der Waals surface area contributed by atoms with E-state index < -0.39 is 0 Å². The molecule has 0 amide bonds. The fourth-order valence-electron chi connectivity index (χ4n) is 2.74. The number of carbonyl (C=O) groups is 1. The highest BCUT2D eigenvalue weighted by Crippen LogP contribution is 2.33. The van der Waals surface area contributed by atoms with Gasteiger partial charge in [0.05, 0.1) is 5.56 Å². The quantitative estimate of drug-likeness (QED) is 0.859. The van der Waals surface area contributed by atoms with E-state index in [-0.39, 0.29) is 18.3 Å². The molecule has 3 nitrogen and oxygen atoms in total. The minimum Gasteiger partial charge on any atom is -0.507 e. The van der Waals surface area contributed by atoms with Crippen LogP contribution in [0.15, 0.2) is 30.3 Å². The monoisotopic (exact) mass is 298 g/mol. The standard InChI is InChI=1S/C19H22O3/c1-5-16-14(4)17(12(2)13(3)18(16)20)19(21)22-11-15-9-7-6-8-10-15/h6-10,20H,5,11H2,1-4H3. The second-order valence-corrected chi connectivity index (χ2v) is 5.49. The van der Waals surface area contributed by atoms with Crippen molar-refractivity contribution in [3.05, 3.63) is 63.7 Å². The van der Waals surface area contributed by atoms with Crippen molar-refractivity contribution in [3.63, 3.8) is 0 Å². The molecule has 0 spiro atoms. The Morgan fingerprint density at radius 3 is 2.27 bits per heavy atom. The van der Waals surface area contributed by atoms with Crippen LogP contribution in [0, 0.1) is 20.8 Å². The number of hydrogen-bond donors (Lipinski definition) is 1. The lowest BCUT2D eigenvalue weighted by Gasteiger charge is -2.17. The van der Waals surface area contributed by atoms with Crippen molar-refractivity contribution in [2.75, 3.05) is 0 Å². The lowest BCUT2D eigenvalue weighted by Crippen LogP contribution is -2.12. The summed E-state index contributed by atoms with van der Waals surface area (Å²) in [5, 5.41) is 10.2. The van der Waals surface area contributed by atoms with Gasteiger partial charge in [0.15, 0.2) is 0 Å². The highest BCUT2D eigenvalue weighted by atomic mass is 16.5. The molecule has 0 bridgehead atoms. The van der Waals surface area contributed by atoms with Gasteiger partial charge in [-0.25, -0.2) is 4.79 Å². The molecule has 0 aliphatic rings. The van der Waals surface area contributed by atoms with E-state index in [1.54, 1.807) is 0 Å². The number of aromatic hydroxyl groups is 1. The van der Waals surface area contributed by atoms with Gasteiger partial charge in [-0.05, 0) is 55.0 Å². The molecule has 0 saturated carbocycles. The molecule has 0 heterocycles. The Kier molecular flexibility index (Phi) is 4.86. The lowest BCUT2D eigenvalue weighted by atomic mass is 9.91. The largest absolute Gasteiger partial charge is 0.507 e. The first-order chi connectivity index (χ1) is 10.5. The Hall–Kier alpha value is -2.29. The predicted octanol–water partition coefficient (Wildman–Crippen LogP) is 4.24. The van der Waals surface area contributed by atoms with E-state index in [2.05, 4.69) is 0 Å². The molecule has 0 fully saturated rings. The summed E-state index contributed by atoms with van der Waals surface area (Å²) in [7, 11) is 0. The molecular weight excluding hydrogens is 276 g/mol. The molecular formula is C19H22O3. The third-order valence-electron chi connectivity index (χ3n) is 4.18. The third-order valence-corrected chi connectivity index (χ3v) is 4.18. The molecule has 2 rings (SSSR count). The van der Waals surface area contributed by atoms with Gasteiger partial charge in [-0.15, -0.1) is 0 Å². The van der Waals surface area contributed by atoms with Gasteiger partial charge < -0.3 is 9.84 Å². The Morgan fingerprint density at radius 1 is 1.05 bits per heavy atom. The highest BCUT2D eigenvalue weighted by Gasteiger charge is 2.21. The van der Waals surface area contributed by atoms with Crippen LogP contribution in [0.3, 0.4) is 0 Å². The summed E-state index contributed by atoms with van der Waals surface area (Å²) in [6.45, 7) is 7.76. The molecule has 0 radical (unpaired) electrons. The molecule has 0 aliphatic heterocycles. The second kappa shape index (κ2) is 6.65. The van der Waals surface area contributed by atoms with Crippen molar-refractivity contribution in [2.45, 2.75) is 40.7 Å². The van der Waals surface area contributed by atoms with Gasteiger partial charge in [0, 0.05) is 0 Å². The molecule has 2 aromatic rings. The molecule has 116 valence electrons. The van der Waals surface area contributed by atoms with Crippen molar-refractivity contribution in [1.29, 1.82) is 0 Å². The summed E-state index contributed by atoms with van der Waals surface area (Å²) < 4.78 is 5.45. The molecule has 0 atom stereocenters. The van der Waals surface area contributed by atoms with Crippen molar-refractivity contribution in [1.82, 2.24) is 0 Å². The van der Waals surface area contributed by atoms with Crippen LogP contribution >= 0.6 is 0 Å². The maximum absolute atomic E-state index is 12.5. The van der Waals surface area contributed by atoms with E-state index in [0.29, 0.717) is 12.0 Å². The molecule has 2 aromatic carbocycles. The molecule has 0 unspecified atom stereocenters. The van der Waals surface area contributed by atoms with E-state index in [1.165, 1.54) is 0 Å². The number of ether oxygens (including phenoxy) is 1. The van der Waals surface area contributed by atoms with Gasteiger partial charge in [0.2, 0.25) is 0 Å². The number of phenols is 1. The average molecular weight is 298 g/mol. The number of phenolic OH excluding ortho intramolecular Hbond substituents is 1. The Labute approximate surface area is 131 Å². The van der Waals surface area contributed by atoms with Crippen LogP contribution in [0.1, 0.15) is 45.1 Å². The number of esters is 1. The minimum atomic E-state index is -0.336. The Morgan fingerprint density at radius 2 is 1.68 bits per heavy atom. The van der Waals surface area contributed by atoms with Gasteiger partial charge in [0.25, 0.3) is 0 Å².